The maximum absolute atomic E-state index is 11.6. The van der Waals surface area contributed by atoms with Gasteiger partial charge in [-0.15, -0.1) is 0 Å². The molecule has 0 unspecified atom stereocenters. The number of primary amides is 1. The van der Waals surface area contributed by atoms with Gasteiger partial charge in [0.2, 0.25) is 0 Å². The lowest BCUT2D eigenvalue weighted by molar-refractivity contribution is 0.0958. The Labute approximate surface area is 98.2 Å². The molecule has 6 heteroatoms. The van der Waals surface area contributed by atoms with Gasteiger partial charge >= 0.3 is 0 Å². The van der Waals surface area contributed by atoms with Crippen LogP contribution in [0.1, 0.15) is 33.6 Å². The van der Waals surface area contributed by atoms with Crippen molar-refractivity contribution in [2.75, 3.05) is 7.05 Å². The molecule has 1 aromatic rings. The first kappa shape index (κ1) is 11.4. The lowest BCUT2D eigenvalue weighted by atomic mass is 10.1. The summed E-state index contributed by atoms with van der Waals surface area (Å²) in [6.07, 6.45) is 4.59. The highest BCUT2D eigenvalue weighted by Gasteiger charge is 2.28. The summed E-state index contributed by atoms with van der Waals surface area (Å²) in [5, 5.41) is 2.47. The summed E-state index contributed by atoms with van der Waals surface area (Å²) in [5.74, 6) is -0.774. The highest BCUT2D eigenvalue weighted by atomic mass is 16.5. The van der Waals surface area contributed by atoms with Crippen LogP contribution in [-0.4, -0.2) is 29.9 Å². The molecule has 0 aromatic carbocycles. The van der Waals surface area contributed by atoms with E-state index in [0.29, 0.717) is 0 Å². The minimum atomic E-state index is -0.654. The standard InChI is InChI=1S/C11H13N3O3/c1-13-11(16)8-5-14-4-7(10(12)15)9(8)17-6-2-3-6/h4-6H,2-3H2,1H3,(H2,12,15)(H,13,16). The number of carbonyl (C=O) groups excluding carboxylic acids is 2. The van der Waals surface area contributed by atoms with Crippen LogP contribution in [0.2, 0.25) is 0 Å². The minimum absolute atomic E-state index is 0.0684. The normalized spacial score (nSPS) is 14.2. The van der Waals surface area contributed by atoms with Crippen molar-refractivity contribution in [1.29, 1.82) is 0 Å². The fraction of sp³-hybridized carbons (Fsp3) is 0.364. The predicted molar refractivity (Wildman–Crippen MR) is 59.8 cm³/mol. The number of nitrogens with two attached hydrogens (primary N) is 1. The molecule has 1 aliphatic carbocycles. The van der Waals surface area contributed by atoms with Crippen LogP contribution in [0.4, 0.5) is 0 Å². The summed E-state index contributed by atoms with van der Waals surface area (Å²) in [7, 11) is 1.50. The summed E-state index contributed by atoms with van der Waals surface area (Å²) < 4.78 is 5.57. The van der Waals surface area contributed by atoms with Gasteiger partial charge in [0.15, 0.2) is 0 Å². The molecule has 0 bridgehead atoms. The fourth-order valence-corrected chi connectivity index (χ4v) is 1.40. The second-order valence-electron chi connectivity index (χ2n) is 3.82. The zero-order chi connectivity index (χ0) is 12.4. The SMILES string of the molecule is CNC(=O)c1cncc(C(N)=O)c1OC1CC1. The molecular weight excluding hydrogens is 222 g/mol. The Morgan fingerprint density at radius 1 is 1.41 bits per heavy atom. The maximum Gasteiger partial charge on any atom is 0.256 e. The zero-order valence-corrected chi connectivity index (χ0v) is 9.40. The van der Waals surface area contributed by atoms with Crippen molar-refractivity contribution in [1.82, 2.24) is 10.3 Å². The van der Waals surface area contributed by atoms with E-state index in [0.717, 1.165) is 12.8 Å². The molecule has 0 atom stereocenters. The molecule has 0 aliphatic heterocycles. The van der Waals surface area contributed by atoms with Crippen LogP contribution in [-0.2, 0) is 0 Å². The predicted octanol–water partition coefficient (Wildman–Crippen LogP) is 0.0813. The number of pyridine rings is 1. The molecule has 2 amide bonds. The largest absolute Gasteiger partial charge is 0.489 e. The zero-order valence-electron chi connectivity index (χ0n) is 9.40. The number of ether oxygens (including phenoxy) is 1. The molecule has 1 saturated carbocycles. The first-order valence-corrected chi connectivity index (χ1v) is 5.30. The van der Waals surface area contributed by atoms with Gasteiger partial charge in [-0.25, -0.2) is 0 Å². The first-order chi connectivity index (χ1) is 8.13. The Balaban J connectivity index is 2.45. The van der Waals surface area contributed by atoms with Gasteiger partial charge in [0.05, 0.1) is 6.10 Å². The average Bonchev–Trinajstić information content (AvgIpc) is 3.12. The molecule has 90 valence electrons. The third-order valence-corrected chi connectivity index (χ3v) is 2.44. The number of hydrogen-bond donors (Lipinski definition) is 2. The lowest BCUT2D eigenvalue weighted by Gasteiger charge is -2.12. The van der Waals surface area contributed by atoms with Crippen LogP contribution in [0.3, 0.4) is 0 Å². The van der Waals surface area contributed by atoms with Crippen molar-refractivity contribution in [2.45, 2.75) is 18.9 Å². The van der Waals surface area contributed by atoms with Gasteiger partial charge in [-0.1, -0.05) is 0 Å². The van der Waals surface area contributed by atoms with Gasteiger partial charge in [-0.05, 0) is 12.8 Å². The Kier molecular flexibility index (Phi) is 2.95. The Morgan fingerprint density at radius 3 is 2.59 bits per heavy atom. The monoisotopic (exact) mass is 235 g/mol. The number of rotatable bonds is 4. The molecule has 1 fully saturated rings. The van der Waals surface area contributed by atoms with E-state index < -0.39 is 5.91 Å². The van der Waals surface area contributed by atoms with Crippen molar-refractivity contribution in [3.8, 4) is 5.75 Å². The summed E-state index contributed by atoms with van der Waals surface area (Å²) >= 11 is 0. The molecule has 1 heterocycles. The first-order valence-electron chi connectivity index (χ1n) is 5.30. The molecule has 2 rings (SSSR count). The van der Waals surface area contributed by atoms with Crippen LogP contribution in [0.15, 0.2) is 12.4 Å². The number of nitrogens with one attached hydrogen (secondary N) is 1. The smallest absolute Gasteiger partial charge is 0.256 e. The third kappa shape index (κ3) is 2.35. The van der Waals surface area contributed by atoms with Crippen molar-refractivity contribution in [2.24, 2.45) is 5.73 Å². The molecular formula is C11H13N3O3. The van der Waals surface area contributed by atoms with E-state index in [1.807, 2.05) is 0 Å². The second kappa shape index (κ2) is 4.40. The Bertz CT molecular complexity index is 469. The molecule has 3 N–H and O–H groups in total. The lowest BCUT2D eigenvalue weighted by Crippen LogP contribution is -2.22. The molecule has 6 nitrogen and oxygen atoms in total. The molecule has 17 heavy (non-hydrogen) atoms. The number of aromatic nitrogens is 1. The summed E-state index contributed by atoms with van der Waals surface area (Å²) in [5.41, 5.74) is 5.60. The number of hydrogen-bond acceptors (Lipinski definition) is 4. The molecule has 1 aromatic heterocycles. The van der Waals surface area contributed by atoms with E-state index in [2.05, 4.69) is 10.3 Å². The van der Waals surface area contributed by atoms with E-state index >= 15 is 0 Å². The van der Waals surface area contributed by atoms with Crippen molar-refractivity contribution < 1.29 is 14.3 Å². The highest BCUT2D eigenvalue weighted by Crippen LogP contribution is 2.31. The molecule has 0 saturated heterocycles. The van der Waals surface area contributed by atoms with Gasteiger partial charge < -0.3 is 15.8 Å². The van der Waals surface area contributed by atoms with Gasteiger partial charge in [0.25, 0.3) is 11.8 Å². The van der Waals surface area contributed by atoms with E-state index in [4.69, 9.17) is 10.5 Å². The number of amides is 2. The van der Waals surface area contributed by atoms with E-state index in [-0.39, 0.29) is 28.9 Å². The fourth-order valence-electron chi connectivity index (χ4n) is 1.40. The minimum Gasteiger partial charge on any atom is -0.489 e. The molecule has 1 aliphatic rings. The van der Waals surface area contributed by atoms with Gasteiger partial charge in [-0.3, -0.25) is 14.6 Å². The maximum atomic E-state index is 11.6. The quantitative estimate of drug-likeness (QED) is 0.772. The summed E-state index contributed by atoms with van der Waals surface area (Å²) in [6.45, 7) is 0. The third-order valence-electron chi connectivity index (χ3n) is 2.44. The van der Waals surface area contributed by atoms with Crippen LogP contribution < -0.4 is 15.8 Å². The number of nitrogens with zero attached hydrogens (tertiary/aromatic N) is 1. The van der Waals surface area contributed by atoms with Crippen molar-refractivity contribution >= 4 is 11.8 Å². The van der Waals surface area contributed by atoms with E-state index in [9.17, 15) is 9.59 Å². The van der Waals surface area contributed by atoms with Crippen molar-refractivity contribution in [3.05, 3.63) is 23.5 Å². The number of carbonyl (C=O) groups is 2. The van der Waals surface area contributed by atoms with Crippen LogP contribution in [0.25, 0.3) is 0 Å². The Hall–Kier alpha value is -2.11. The van der Waals surface area contributed by atoms with E-state index in [1.165, 1.54) is 19.4 Å². The summed E-state index contributed by atoms with van der Waals surface area (Å²) in [4.78, 5) is 26.7. The van der Waals surface area contributed by atoms with Gasteiger partial charge in [0, 0.05) is 19.4 Å². The second-order valence-corrected chi connectivity index (χ2v) is 3.82. The van der Waals surface area contributed by atoms with Gasteiger partial charge in [-0.2, -0.15) is 0 Å². The van der Waals surface area contributed by atoms with Crippen LogP contribution in [0, 0.1) is 0 Å². The average molecular weight is 235 g/mol. The topological polar surface area (TPSA) is 94.3 Å². The van der Waals surface area contributed by atoms with Crippen molar-refractivity contribution in [3.63, 3.8) is 0 Å². The van der Waals surface area contributed by atoms with E-state index in [1.54, 1.807) is 0 Å². The van der Waals surface area contributed by atoms with Crippen LogP contribution >= 0.6 is 0 Å². The van der Waals surface area contributed by atoms with Crippen LogP contribution in [0.5, 0.6) is 5.75 Å². The molecule has 0 radical (unpaired) electrons. The highest BCUT2D eigenvalue weighted by molar-refractivity contribution is 6.02. The molecule has 0 spiro atoms. The Morgan fingerprint density at radius 2 is 2.06 bits per heavy atom. The summed E-state index contributed by atoms with van der Waals surface area (Å²) in [6, 6.07) is 0. The van der Waals surface area contributed by atoms with Gasteiger partial charge in [0.1, 0.15) is 16.9 Å².